The number of hydrogen-bond acceptors (Lipinski definition) is 5. The molecule has 0 fully saturated rings. The van der Waals surface area contributed by atoms with Gasteiger partial charge in [-0.1, -0.05) is 12.1 Å². The monoisotopic (exact) mass is 258 g/mol. The van der Waals surface area contributed by atoms with Crippen LogP contribution in [-0.2, 0) is 13.0 Å². The SMILES string of the molecule is CCN(C)c1noc(-c2cccc3c2CCNC3)n1. The fourth-order valence-electron chi connectivity index (χ4n) is 2.35. The van der Waals surface area contributed by atoms with Crippen LogP contribution in [0.1, 0.15) is 18.1 Å². The zero-order valence-corrected chi connectivity index (χ0v) is 11.3. The zero-order chi connectivity index (χ0) is 13.2. The molecule has 0 saturated heterocycles. The predicted octanol–water partition coefficient (Wildman–Crippen LogP) is 1.84. The van der Waals surface area contributed by atoms with Gasteiger partial charge in [0.15, 0.2) is 0 Å². The van der Waals surface area contributed by atoms with Crippen LogP contribution in [0, 0.1) is 0 Å². The maximum absolute atomic E-state index is 5.42. The Kier molecular flexibility index (Phi) is 3.21. The number of nitrogens with one attached hydrogen (secondary N) is 1. The molecule has 5 nitrogen and oxygen atoms in total. The lowest BCUT2D eigenvalue weighted by Crippen LogP contribution is -2.24. The van der Waals surface area contributed by atoms with E-state index in [4.69, 9.17) is 4.52 Å². The fourth-order valence-corrected chi connectivity index (χ4v) is 2.35. The number of anilines is 1. The summed E-state index contributed by atoms with van der Waals surface area (Å²) in [6, 6.07) is 6.27. The van der Waals surface area contributed by atoms with E-state index in [0.29, 0.717) is 11.8 Å². The molecule has 3 rings (SSSR count). The van der Waals surface area contributed by atoms with Crippen molar-refractivity contribution in [3.05, 3.63) is 29.3 Å². The van der Waals surface area contributed by atoms with Gasteiger partial charge in [-0.3, -0.25) is 0 Å². The van der Waals surface area contributed by atoms with Gasteiger partial charge < -0.3 is 14.7 Å². The van der Waals surface area contributed by atoms with E-state index in [2.05, 4.69) is 40.6 Å². The summed E-state index contributed by atoms with van der Waals surface area (Å²) in [6.07, 6.45) is 1.01. The largest absolute Gasteiger partial charge is 0.342 e. The molecule has 1 aromatic heterocycles. The molecule has 0 bridgehead atoms. The van der Waals surface area contributed by atoms with Crippen molar-refractivity contribution >= 4 is 5.95 Å². The van der Waals surface area contributed by atoms with Crippen LogP contribution in [0.25, 0.3) is 11.5 Å². The summed E-state index contributed by atoms with van der Waals surface area (Å²) in [5.74, 6) is 1.26. The normalized spacial score (nSPS) is 14.2. The van der Waals surface area contributed by atoms with Gasteiger partial charge >= 0.3 is 0 Å². The van der Waals surface area contributed by atoms with Crippen LogP contribution in [0.4, 0.5) is 5.95 Å². The first-order chi connectivity index (χ1) is 9.29. The van der Waals surface area contributed by atoms with E-state index in [1.54, 1.807) is 0 Å². The van der Waals surface area contributed by atoms with Crippen molar-refractivity contribution in [2.24, 2.45) is 0 Å². The topological polar surface area (TPSA) is 54.2 Å². The van der Waals surface area contributed by atoms with Gasteiger partial charge in [-0.25, -0.2) is 0 Å². The lowest BCUT2D eigenvalue weighted by molar-refractivity contribution is 0.429. The maximum atomic E-state index is 5.42. The van der Waals surface area contributed by atoms with Crippen molar-refractivity contribution < 1.29 is 4.52 Å². The van der Waals surface area contributed by atoms with Gasteiger partial charge in [-0.2, -0.15) is 4.98 Å². The number of benzene rings is 1. The van der Waals surface area contributed by atoms with Gasteiger partial charge in [0.2, 0.25) is 0 Å². The van der Waals surface area contributed by atoms with E-state index in [1.165, 1.54) is 11.1 Å². The first-order valence-electron chi connectivity index (χ1n) is 6.66. The molecule has 0 radical (unpaired) electrons. The minimum Gasteiger partial charge on any atom is -0.342 e. The molecule has 2 heterocycles. The van der Waals surface area contributed by atoms with E-state index >= 15 is 0 Å². The van der Waals surface area contributed by atoms with Crippen molar-refractivity contribution in [3.63, 3.8) is 0 Å². The standard InChI is InChI=1S/C14H18N4O/c1-3-18(2)14-16-13(19-17-14)12-6-4-5-10-9-15-8-7-11(10)12/h4-6,15H,3,7-9H2,1-2H3. The molecular formula is C14H18N4O. The molecule has 0 saturated carbocycles. The molecule has 1 N–H and O–H groups in total. The zero-order valence-electron chi connectivity index (χ0n) is 11.3. The average Bonchev–Trinajstić information content (AvgIpc) is 2.95. The van der Waals surface area contributed by atoms with Gasteiger partial charge in [0.25, 0.3) is 11.8 Å². The van der Waals surface area contributed by atoms with Gasteiger partial charge in [0, 0.05) is 25.7 Å². The Morgan fingerprint density at radius 2 is 2.32 bits per heavy atom. The molecule has 1 aromatic carbocycles. The van der Waals surface area contributed by atoms with Gasteiger partial charge in [0.05, 0.1) is 0 Å². The summed E-state index contributed by atoms with van der Waals surface area (Å²) in [6.45, 7) is 4.83. The third-order valence-electron chi connectivity index (χ3n) is 3.60. The number of aromatic nitrogens is 2. The minimum absolute atomic E-state index is 0.619. The molecule has 0 aliphatic carbocycles. The van der Waals surface area contributed by atoms with Crippen molar-refractivity contribution in [1.82, 2.24) is 15.5 Å². The summed E-state index contributed by atoms with van der Waals surface area (Å²) in [5.41, 5.74) is 3.73. The second kappa shape index (κ2) is 5.01. The minimum atomic E-state index is 0.619. The lowest BCUT2D eigenvalue weighted by Gasteiger charge is -2.18. The maximum Gasteiger partial charge on any atom is 0.266 e. The molecular weight excluding hydrogens is 240 g/mol. The number of rotatable bonds is 3. The molecule has 1 aliphatic heterocycles. The van der Waals surface area contributed by atoms with Crippen LogP contribution in [-0.4, -0.2) is 30.3 Å². The van der Waals surface area contributed by atoms with E-state index in [1.807, 2.05) is 11.9 Å². The van der Waals surface area contributed by atoms with Crippen molar-refractivity contribution in [2.75, 3.05) is 25.0 Å². The molecule has 1 aliphatic rings. The van der Waals surface area contributed by atoms with Crippen LogP contribution >= 0.6 is 0 Å². The highest BCUT2D eigenvalue weighted by molar-refractivity contribution is 5.62. The Morgan fingerprint density at radius 1 is 1.42 bits per heavy atom. The van der Waals surface area contributed by atoms with Gasteiger partial charge in [-0.15, -0.1) is 0 Å². The second-order valence-corrected chi connectivity index (χ2v) is 4.78. The molecule has 0 amide bonds. The van der Waals surface area contributed by atoms with E-state index in [9.17, 15) is 0 Å². The molecule has 0 spiro atoms. The Balaban J connectivity index is 2.00. The Hall–Kier alpha value is -1.88. The molecule has 2 aromatic rings. The summed E-state index contributed by atoms with van der Waals surface area (Å²) in [7, 11) is 1.96. The van der Waals surface area contributed by atoms with Crippen LogP contribution in [0.3, 0.4) is 0 Å². The average molecular weight is 258 g/mol. The third-order valence-corrected chi connectivity index (χ3v) is 3.60. The molecule has 0 atom stereocenters. The smallest absolute Gasteiger partial charge is 0.266 e. The van der Waals surface area contributed by atoms with Crippen LogP contribution in [0.15, 0.2) is 22.7 Å². The van der Waals surface area contributed by atoms with E-state index in [0.717, 1.165) is 31.6 Å². The molecule has 0 unspecified atom stereocenters. The molecule has 19 heavy (non-hydrogen) atoms. The third kappa shape index (κ3) is 2.21. The molecule has 100 valence electrons. The number of nitrogens with zero attached hydrogens (tertiary/aromatic N) is 3. The van der Waals surface area contributed by atoms with Crippen molar-refractivity contribution in [3.8, 4) is 11.5 Å². The molecule has 5 heteroatoms. The lowest BCUT2D eigenvalue weighted by atomic mass is 9.95. The van der Waals surface area contributed by atoms with Crippen molar-refractivity contribution in [1.29, 1.82) is 0 Å². The first-order valence-corrected chi connectivity index (χ1v) is 6.66. The number of hydrogen-bond donors (Lipinski definition) is 1. The highest BCUT2D eigenvalue weighted by Gasteiger charge is 2.18. The quantitative estimate of drug-likeness (QED) is 0.910. The fraction of sp³-hybridized carbons (Fsp3) is 0.429. The van der Waals surface area contributed by atoms with E-state index < -0.39 is 0 Å². The summed E-state index contributed by atoms with van der Waals surface area (Å²) in [5, 5.41) is 7.41. The van der Waals surface area contributed by atoms with Crippen LogP contribution in [0.2, 0.25) is 0 Å². The summed E-state index contributed by atoms with van der Waals surface area (Å²) >= 11 is 0. The number of fused-ring (bicyclic) bond motifs is 1. The predicted molar refractivity (Wildman–Crippen MR) is 74.1 cm³/mol. The highest BCUT2D eigenvalue weighted by atomic mass is 16.5. The van der Waals surface area contributed by atoms with Crippen LogP contribution in [0.5, 0.6) is 0 Å². The van der Waals surface area contributed by atoms with Crippen molar-refractivity contribution in [2.45, 2.75) is 19.9 Å². The summed E-state index contributed by atoms with van der Waals surface area (Å²) < 4.78 is 5.42. The Morgan fingerprint density at radius 3 is 3.16 bits per heavy atom. The summed E-state index contributed by atoms with van der Waals surface area (Å²) in [4.78, 5) is 6.45. The van der Waals surface area contributed by atoms with E-state index in [-0.39, 0.29) is 0 Å². The first kappa shape index (κ1) is 12.2. The second-order valence-electron chi connectivity index (χ2n) is 4.78. The highest BCUT2D eigenvalue weighted by Crippen LogP contribution is 2.28. The Labute approximate surface area is 112 Å². The Bertz CT molecular complexity index is 579. The van der Waals surface area contributed by atoms with Gasteiger partial charge in [-0.05, 0) is 42.2 Å². The van der Waals surface area contributed by atoms with Crippen LogP contribution < -0.4 is 10.2 Å². The van der Waals surface area contributed by atoms with Gasteiger partial charge in [0.1, 0.15) is 0 Å².